The van der Waals surface area contributed by atoms with Crippen LogP contribution < -0.4 is 15.2 Å². The highest BCUT2D eigenvalue weighted by Gasteiger charge is 2.16. The Bertz CT molecular complexity index is 500. The summed E-state index contributed by atoms with van der Waals surface area (Å²) in [5.74, 6) is 0.674. The lowest BCUT2D eigenvalue weighted by molar-refractivity contribution is 0.341. The van der Waals surface area contributed by atoms with Crippen LogP contribution in [0.1, 0.15) is 20.8 Å². The van der Waals surface area contributed by atoms with Gasteiger partial charge in [0.1, 0.15) is 12.4 Å². The summed E-state index contributed by atoms with van der Waals surface area (Å²) < 4.78 is 31.6. The van der Waals surface area contributed by atoms with Crippen LogP contribution in [0.2, 0.25) is 0 Å². The Balaban J connectivity index is 2.46. The molecule has 0 spiro atoms. The molecule has 0 saturated carbocycles. The molecule has 6 heteroatoms. The van der Waals surface area contributed by atoms with Gasteiger partial charge in [-0.25, -0.2) is 13.1 Å². The van der Waals surface area contributed by atoms with Gasteiger partial charge in [0.2, 0.25) is 10.0 Å². The Labute approximate surface area is 115 Å². The van der Waals surface area contributed by atoms with Crippen molar-refractivity contribution >= 4 is 15.7 Å². The molecule has 108 valence electrons. The van der Waals surface area contributed by atoms with Crippen LogP contribution in [0.3, 0.4) is 0 Å². The van der Waals surface area contributed by atoms with Crippen molar-refractivity contribution in [2.45, 2.75) is 26.8 Å². The minimum atomic E-state index is -3.32. The van der Waals surface area contributed by atoms with Gasteiger partial charge in [0.05, 0.1) is 11.4 Å². The molecule has 1 rings (SSSR count). The molecule has 0 saturated heterocycles. The predicted octanol–water partition coefficient (Wildman–Crippen LogP) is 1.61. The molecule has 0 aliphatic heterocycles. The number of nitrogen functional groups attached to an aromatic ring is 1. The molecule has 5 nitrogen and oxygen atoms in total. The molecule has 0 radical (unpaired) electrons. The second kappa shape index (κ2) is 6.77. The van der Waals surface area contributed by atoms with E-state index in [1.807, 2.05) is 20.8 Å². The largest absolute Gasteiger partial charge is 0.490 e. The van der Waals surface area contributed by atoms with Gasteiger partial charge in [-0.3, -0.25) is 0 Å². The Morgan fingerprint density at radius 2 is 1.89 bits per heavy atom. The van der Waals surface area contributed by atoms with Crippen LogP contribution in [0.5, 0.6) is 5.75 Å². The molecule has 1 unspecified atom stereocenters. The molecule has 0 heterocycles. The number of para-hydroxylation sites is 2. The Morgan fingerprint density at radius 1 is 1.26 bits per heavy atom. The highest BCUT2D eigenvalue weighted by atomic mass is 32.2. The number of hydrogen-bond acceptors (Lipinski definition) is 4. The number of benzene rings is 1. The van der Waals surface area contributed by atoms with Crippen molar-refractivity contribution in [2.24, 2.45) is 5.92 Å². The van der Waals surface area contributed by atoms with E-state index in [0.717, 1.165) is 0 Å². The van der Waals surface area contributed by atoms with E-state index in [-0.39, 0.29) is 24.3 Å². The summed E-state index contributed by atoms with van der Waals surface area (Å²) in [6, 6.07) is 6.92. The lowest BCUT2D eigenvalue weighted by atomic mass is 10.1. The first-order valence-electron chi connectivity index (χ1n) is 6.29. The van der Waals surface area contributed by atoms with Crippen molar-refractivity contribution in [3.8, 4) is 5.75 Å². The van der Waals surface area contributed by atoms with Crippen LogP contribution in [0.25, 0.3) is 0 Å². The Hall–Kier alpha value is -1.27. The number of nitrogens with two attached hydrogens (primary N) is 1. The Morgan fingerprint density at radius 3 is 2.47 bits per heavy atom. The van der Waals surface area contributed by atoms with E-state index in [1.54, 1.807) is 24.3 Å². The fourth-order valence-corrected chi connectivity index (χ4v) is 2.61. The third kappa shape index (κ3) is 5.48. The SMILES string of the molecule is CC(C)C(C)NS(=O)(=O)CCOc1ccccc1N. The summed E-state index contributed by atoms with van der Waals surface area (Å²) in [5.41, 5.74) is 6.20. The number of anilines is 1. The summed E-state index contributed by atoms with van der Waals surface area (Å²) >= 11 is 0. The molecule has 1 aromatic rings. The van der Waals surface area contributed by atoms with E-state index in [2.05, 4.69) is 4.72 Å². The lowest BCUT2D eigenvalue weighted by Gasteiger charge is -2.17. The average Bonchev–Trinajstić information content (AvgIpc) is 2.30. The maximum atomic E-state index is 11.8. The van der Waals surface area contributed by atoms with Crippen molar-refractivity contribution < 1.29 is 13.2 Å². The molecule has 3 N–H and O–H groups in total. The molecular formula is C13H22N2O3S. The van der Waals surface area contributed by atoms with Crippen LogP contribution in [0.4, 0.5) is 5.69 Å². The summed E-state index contributed by atoms with van der Waals surface area (Å²) in [7, 11) is -3.32. The van der Waals surface area contributed by atoms with Crippen molar-refractivity contribution in [1.29, 1.82) is 0 Å². The van der Waals surface area contributed by atoms with E-state index in [0.29, 0.717) is 11.4 Å². The van der Waals surface area contributed by atoms with Gasteiger partial charge in [0, 0.05) is 6.04 Å². The molecular weight excluding hydrogens is 264 g/mol. The minimum absolute atomic E-state index is 0.0777. The first kappa shape index (κ1) is 15.8. The fourth-order valence-electron chi connectivity index (χ4n) is 1.35. The van der Waals surface area contributed by atoms with Crippen LogP contribution in [0, 0.1) is 5.92 Å². The number of ether oxygens (including phenoxy) is 1. The van der Waals surface area contributed by atoms with E-state index >= 15 is 0 Å². The van der Waals surface area contributed by atoms with E-state index < -0.39 is 10.0 Å². The third-order valence-corrected chi connectivity index (χ3v) is 4.33. The monoisotopic (exact) mass is 286 g/mol. The van der Waals surface area contributed by atoms with Crippen molar-refractivity contribution in [3.05, 3.63) is 24.3 Å². The zero-order valence-corrected chi connectivity index (χ0v) is 12.4. The first-order valence-corrected chi connectivity index (χ1v) is 7.94. The van der Waals surface area contributed by atoms with Gasteiger partial charge in [-0.05, 0) is 25.0 Å². The van der Waals surface area contributed by atoms with E-state index in [4.69, 9.17) is 10.5 Å². The zero-order chi connectivity index (χ0) is 14.5. The smallest absolute Gasteiger partial charge is 0.215 e. The molecule has 0 amide bonds. The number of nitrogens with one attached hydrogen (secondary N) is 1. The molecule has 0 bridgehead atoms. The molecule has 0 aliphatic carbocycles. The van der Waals surface area contributed by atoms with Gasteiger partial charge >= 0.3 is 0 Å². The second-order valence-corrected chi connectivity index (χ2v) is 6.73. The standard InChI is InChI=1S/C13H22N2O3S/c1-10(2)11(3)15-19(16,17)9-8-18-13-7-5-4-6-12(13)14/h4-7,10-11,15H,8-9,14H2,1-3H3. The van der Waals surface area contributed by atoms with Crippen molar-refractivity contribution in [3.63, 3.8) is 0 Å². The summed E-state index contributed by atoms with van der Waals surface area (Å²) in [5, 5.41) is 0. The fraction of sp³-hybridized carbons (Fsp3) is 0.538. The van der Waals surface area contributed by atoms with Crippen molar-refractivity contribution in [2.75, 3.05) is 18.1 Å². The van der Waals surface area contributed by atoms with Crippen LogP contribution >= 0.6 is 0 Å². The molecule has 0 aromatic heterocycles. The first-order chi connectivity index (χ1) is 8.82. The maximum absolute atomic E-state index is 11.8. The average molecular weight is 286 g/mol. The van der Waals surface area contributed by atoms with E-state index in [1.165, 1.54) is 0 Å². The van der Waals surface area contributed by atoms with Gasteiger partial charge in [0.25, 0.3) is 0 Å². The highest BCUT2D eigenvalue weighted by Crippen LogP contribution is 2.19. The summed E-state index contributed by atoms with van der Waals surface area (Å²) in [4.78, 5) is 0. The minimum Gasteiger partial charge on any atom is -0.490 e. The maximum Gasteiger partial charge on any atom is 0.215 e. The van der Waals surface area contributed by atoms with Gasteiger partial charge in [-0.1, -0.05) is 26.0 Å². The van der Waals surface area contributed by atoms with E-state index in [9.17, 15) is 8.42 Å². The quantitative estimate of drug-likeness (QED) is 0.746. The molecule has 0 aliphatic rings. The predicted molar refractivity (Wildman–Crippen MR) is 77.6 cm³/mol. The normalized spacial score (nSPS) is 13.5. The van der Waals surface area contributed by atoms with Gasteiger partial charge in [-0.2, -0.15) is 0 Å². The second-order valence-electron chi connectivity index (χ2n) is 4.86. The molecule has 0 fully saturated rings. The molecule has 1 atom stereocenters. The lowest BCUT2D eigenvalue weighted by Crippen LogP contribution is -2.38. The van der Waals surface area contributed by atoms with Crippen LogP contribution in [-0.4, -0.2) is 26.8 Å². The third-order valence-electron chi connectivity index (χ3n) is 2.89. The number of sulfonamides is 1. The van der Waals surface area contributed by atoms with Gasteiger partial charge < -0.3 is 10.5 Å². The van der Waals surface area contributed by atoms with Gasteiger partial charge in [0.15, 0.2) is 0 Å². The van der Waals surface area contributed by atoms with Crippen LogP contribution in [-0.2, 0) is 10.0 Å². The van der Waals surface area contributed by atoms with Crippen LogP contribution in [0.15, 0.2) is 24.3 Å². The Kier molecular flexibility index (Phi) is 5.62. The summed E-state index contributed by atoms with van der Waals surface area (Å²) in [6.45, 7) is 5.86. The summed E-state index contributed by atoms with van der Waals surface area (Å²) in [6.07, 6.45) is 0. The van der Waals surface area contributed by atoms with Gasteiger partial charge in [-0.15, -0.1) is 0 Å². The van der Waals surface area contributed by atoms with Crippen molar-refractivity contribution in [1.82, 2.24) is 4.72 Å². The highest BCUT2D eigenvalue weighted by molar-refractivity contribution is 7.89. The topological polar surface area (TPSA) is 81.4 Å². The molecule has 1 aromatic carbocycles. The zero-order valence-electron chi connectivity index (χ0n) is 11.6. The number of rotatable bonds is 7. The number of hydrogen-bond donors (Lipinski definition) is 2. The molecule has 19 heavy (non-hydrogen) atoms.